The van der Waals surface area contributed by atoms with Crippen LogP contribution < -0.4 is 9.46 Å². The van der Waals surface area contributed by atoms with E-state index in [1.165, 1.54) is 0 Å². The fourth-order valence-electron chi connectivity index (χ4n) is 2.33. The molecule has 0 fully saturated rings. The Kier molecular flexibility index (Phi) is 5.80. The lowest BCUT2D eigenvalue weighted by molar-refractivity contribution is 0.408. The van der Waals surface area contributed by atoms with Crippen molar-refractivity contribution in [3.05, 3.63) is 64.7 Å². The van der Waals surface area contributed by atoms with E-state index in [4.69, 9.17) is 4.74 Å². The van der Waals surface area contributed by atoms with Crippen LogP contribution in [0.5, 0.6) is 5.75 Å². The van der Waals surface area contributed by atoms with Gasteiger partial charge in [0.2, 0.25) is 10.0 Å². The first-order valence-corrected chi connectivity index (χ1v) is 9.22. The molecule has 1 N–H and O–H groups in total. The van der Waals surface area contributed by atoms with Crippen molar-refractivity contribution in [2.24, 2.45) is 0 Å². The number of aryl methyl sites for hydroxylation is 3. The molecule has 0 amide bonds. The fourth-order valence-corrected chi connectivity index (χ4v) is 3.36. The zero-order valence-electron chi connectivity index (χ0n) is 13.8. The van der Waals surface area contributed by atoms with Crippen molar-refractivity contribution < 1.29 is 13.2 Å². The topological polar surface area (TPSA) is 55.4 Å². The monoisotopic (exact) mass is 333 g/mol. The van der Waals surface area contributed by atoms with Crippen LogP contribution in [-0.2, 0) is 23.0 Å². The second kappa shape index (κ2) is 7.62. The van der Waals surface area contributed by atoms with Gasteiger partial charge in [0.05, 0.1) is 12.9 Å². The predicted octanol–water partition coefficient (Wildman–Crippen LogP) is 2.97. The molecule has 0 heterocycles. The van der Waals surface area contributed by atoms with Crippen LogP contribution in [0.4, 0.5) is 0 Å². The number of sulfonamides is 1. The molecule has 0 aliphatic carbocycles. The van der Waals surface area contributed by atoms with Gasteiger partial charge in [-0.2, -0.15) is 0 Å². The minimum absolute atomic E-state index is 0.0736. The molecule has 2 rings (SSSR count). The second-order valence-corrected chi connectivity index (χ2v) is 7.55. The molecule has 0 atom stereocenters. The number of ether oxygens (including phenoxy) is 1. The minimum atomic E-state index is -3.33. The quantitative estimate of drug-likeness (QED) is 0.847. The maximum atomic E-state index is 12.2. The molecule has 0 radical (unpaired) electrons. The molecule has 0 bridgehead atoms. The summed E-state index contributed by atoms with van der Waals surface area (Å²) >= 11 is 0. The summed E-state index contributed by atoms with van der Waals surface area (Å²) in [6.07, 6.45) is 0.500. The Balaban J connectivity index is 2.00. The standard InChI is InChI=1S/C18H23NO3S/c1-14-11-17(18(22-3)12-15(14)2)13-19-23(20,21)10-9-16-7-5-4-6-8-16/h4-8,11-12,19H,9-10,13H2,1-3H3. The number of rotatable bonds is 7. The fraction of sp³-hybridized carbons (Fsp3) is 0.333. The third kappa shape index (κ3) is 5.08. The van der Waals surface area contributed by atoms with Gasteiger partial charge in [0, 0.05) is 12.1 Å². The molecule has 0 unspecified atom stereocenters. The van der Waals surface area contributed by atoms with Crippen molar-refractivity contribution in [3.8, 4) is 5.75 Å². The van der Waals surface area contributed by atoms with Gasteiger partial charge in [-0.05, 0) is 43.0 Å². The summed E-state index contributed by atoms with van der Waals surface area (Å²) in [5.41, 5.74) is 4.10. The average molecular weight is 333 g/mol. The summed E-state index contributed by atoms with van der Waals surface area (Å²) in [6, 6.07) is 13.5. The Labute approximate surface area is 138 Å². The molecule has 0 saturated heterocycles. The van der Waals surface area contributed by atoms with E-state index >= 15 is 0 Å². The van der Waals surface area contributed by atoms with E-state index in [2.05, 4.69) is 4.72 Å². The zero-order chi connectivity index (χ0) is 16.9. The number of hydrogen-bond donors (Lipinski definition) is 1. The Hall–Kier alpha value is -1.85. The minimum Gasteiger partial charge on any atom is -0.496 e. The van der Waals surface area contributed by atoms with E-state index in [9.17, 15) is 8.42 Å². The third-order valence-corrected chi connectivity index (χ3v) is 5.21. The zero-order valence-corrected chi connectivity index (χ0v) is 14.6. The Morgan fingerprint density at radius 3 is 2.35 bits per heavy atom. The molecule has 2 aromatic rings. The normalized spacial score (nSPS) is 11.4. The van der Waals surface area contributed by atoms with Crippen LogP contribution in [0.25, 0.3) is 0 Å². The molecular weight excluding hydrogens is 310 g/mol. The highest BCUT2D eigenvalue weighted by atomic mass is 32.2. The smallest absolute Gasteiger partial charge is 0.212 e. The van der Waals surface area contributed by atoms with Crippen LogP contribution in [0.1, 0.15) is 22.3 Å². The number of benzene rings is 2. The third-order valence-electron chi connectivity index (χ3n) is 3.88. The van der Waals surface area contributed by atoms with E-state index in [0.717, 1.165) is 22.3 Å². The molecule has 23 heavy (non-hydrogen) atoms. The van der Waals surface area contributed by atoms with Gasteiger partial charge < -0.3 is 4.74 Å². The highest BCUT2D eigenvalue weighted by Crippen LogP contribution is 2.23. The van der Waals surface area contributed by atoms with Gasteiger partial charge in [0.15, 0.2) is 0 Å². The van der Waals surface area contributed by atoms with E-state index in [1.54, 1.807) is 7.11 Å². The maximum Gasteiger partial charge on any atom is 0.212 e. The molecule has 0 aliphatic heterocycles. The van der Waals surface area contributed by atoms with Crippen LogP contribution >= 0.6 is 0 Å². The first-order valence-electron chi connectivity index (χ1n) is 7.56. The van der Waals surface area contributed by atoms with Crippen LogP contribution in [0.3, 0.4) is 0 Å². The largest absolute Gasteiger partial charge is 0.496 e. The van der Waals surface area contributed by atoms with Crippen LogP contribution in [0.15, 0.2) is 42.5 Å². The molecule has 4 nitrogen and oxygen atoms in total. The van der Waals surface area contributed by atoms with Crippen molar-refractivity contribution in [1.29, 1.82) is 0 Å². The first-order chi connectivity index (χ1) is 10.9. The molecule has 5 heteroatoms. The maximum absolute atomic E-state index is 12.2. The van der Waals surface area contributed by atoms with Crippen molar-refractivity contribution in [2.45, 2.75) is 26.8 Å². The van der Waals surface area contributed by atoms with Gasteiger partial charge in [-0.3, -0.25) is 0 Å². The van der Waals surface area contributed by atoms with Gasteiger partial charge in [0.25, 0.3) is 0 Å². The molecule has 0 spiro atoms. The molecular formula is C18H23NO3S. The van der Waals surface area contributed by atoms with Crippen LogP contribution in [0.2, 0.25) is 0 Å². The number of methoxy groups -OCH3 is 1. The Bertz CT molecular complexity index is 755. The average Bonchev–Trinajstić information content (AvgIpc) is 2.55. The van der Waals surface area contributed by atoms with Crippen LogP contribution in [-0.4, -0.2) is 21.3 Å². The van der Waals surface area contributed by atoms with E-state index in [-0.39, 0.29) is 12.3 Å². The summed E-state index contributed by atoms with van der Waals surface area (Å²) in [6.45, 7) is 4.25. The SMILES string of the molecule is COc1cc(C)c(C)cc1CNS(=O)(=O)CCc1ccccc1. The second-order valence-electron chi connectivity index (χ2n) is 5.62. The highest BCUT2D eigenvalue weighted by Gasteiger charge is 2.13. The first kappa shape index (κ1) is 17.5. The van der Waals surface area contributed by atoms with E-state index in [0.29, 0.717) is 12.2 Å². The van der Waals surface area contributed by atoms with Gasteiger partial charge >= 0.3 is 0 Å². The number of hydrogen-bond acceptors (Lipinski definition) is 3. The summed E-state index contributed by atoms with van der Waals surface area (Å²) < 4.78 is 32.4. The molecule has 2 aromatic carbocycles. The molecule has 124 valence electrons. The van der Waals surface area contributed by atoms with Gasteiger partial charge in [0.1, 0.15) is 5.75 Å². The lowest BCUT2D eigenvalue weighted by Crippen LogP contribution is -2.27. The highest BCUT2D eigenvalue weighted by molar-refractivity contribution is 7.89. The Morgan fingerprint density at radius 2 is 1.70 bits per heavy atom. The van der Waals surface area contributed by atoms with Gasteiger partial charge in [-0.15, -0.1) is 0 Å². The lowest BCUT2D eigenvalue weighted by atomic mass is 10.1. The van der Waals surface area contributed by atoms with Gasteiger partial charge in [-0.25, -0.2) is 13.1 Å². The van der Waals surface area contributed by atoms with Crippen molar-refractivity contribution >= 4 is 10.0 Å². The van der Waals surface area contributed by atoms with Crippen molar-refractivity contribution in [1.82, 2.24) is 4.72 Å². The summed E-state index contributed by atoms with van der Waals surface area (Å²) in [4.78, 5) is 0. The predicted molar refractivity (Wildman–Crippen MR) is 93.2 cm³/mol. The van der Waals surface area contributed by atoms with Crippen molar-refractivity contribution in [3.63, 3.8) is 0 Å². The summed E-state index contributed by atoms with van der Waals surface area (Å²) in [7, 11) is -1.74. The molecule has 0 aromatic heterocycles. The van der Waals surface area contributed by atoms with Gasteiger partial charge in [-0.1, -0.05) is 36.4 Å². The summed E-state index contributed by atoms with van der Waals surface area (Å²) in [5.74, 6) is 0.781. The molecule has 0 aliphatic rings. The molecule has 0 saturated carbocycles. The van der Waals surface area contributed by atoms with E-state index in [1.807, 2.05) is 56.3 Å². The number of nitrogens with one attached hydrogen (secondary N) is 1. The lowest BCUT2D eigenvalue weighted by Gasteiger charge is -2.13. The summed E-state index contributed by atoms with van der Waals surface area (Å²) in [5, 5.41) is 0. The van der Waals surface area contributed by atoms with Crippen molar-refractivity contribution in [2.75, 3.05) is 12.9 Å². The Morgan fingerprint density at radius 1 is 1.04 bits per heavy atom. The van der Waals surface area contributed by atoms with E-state index < -0.39 is 10.0 Å². The van der Waals surface area contributed by atoms with Crippen LogP contribution in [0, 0.1) is 13.8 Å².